The summed E-state index contributed by atoms with van der Waals surface area (Å²) in [6.45, 7) is 2.71. The Morgan fingerprint density at radius 1 is 1.27 bits per heavy atom. The molecule has 2 saturated heterocycles. The molecule has 3 fully saturated rings. The Bertz CT molecular complexity index is 651. The Balaban J connectivity index is 1.72. The fourth-order valence-corrected chi connectivity index (χ4v) is 5.55. The molecular weight excluding hydrogens is 330 g/mol. The van der Waals surface area contributed by atoms with E-state index in [9.17, 15) is 9.90 Å². The van der Waals surface area contributed by atoms with Gasteiger partial charge in [0.15, 0.2) is 5.79 Å². The quantitative estimate of drug-likeness (QED) is 0.837. The molecule has 4 rings (SSSR count). The van der Waals surface area contributed by atoms with Gasteiger partial charge in [-0.15, -0.1) is 0 Å². The van der Waals surface area contributed by atoms with Crippen molar-refractivity contribution in [1.82, 2.24) is 4.90 Å². The molecule has 0 radical (unpaired) electrons. The number of hydrogen-bond donors (Lipinski definition) is 1. The maximum absolute atomic E-state index is 12.3. The first-order chi connectivity index (χ1) is 12.6. The summed E-state index contributed by atoms with van der Waals surface area (Å²) < 4.78 is 11.4. The molecule has 0 unspecified atom stereocenters. The van der Waals surface area contributed by atoms with Crippen LogP contribution in [0.2, 0.25) is 0 Å². The number of ether oxygens (including phenoxy) is 2. The SMILES string of the molecule is CCOC(=O)C[C@@H]1CCC[C@@]23CCC[C@]2(O)OC[C@@H](c2ccccc2)N13. The van der Waals surface area contributed by atoms with Gasteiger partial charge in [0, 0.05) is 12.5 Å². The summed E-state index contributed by atoms with van der Waals surface area (Å²) in [4.78, 5) is 14.7. The van der Waals surface area contributed by atoms with E-state index in [2.05, 4.69) is 17.0 Å². The molecule has 4 atom stereocenters. The van der Waals surface area contributed by atoms with Crippen molar-refractivity contribution in [3.63, 3.8) is 0 Å². The predicted molar refractivity (Wildman–Crippen MR) is 97.4 cm³/mol. The number of benzene rings is 1. The second kappa shape index (κ2) is 6.95. The van der Waals surface area contributed by atoms with Crippen LogP contribution >= 0.6 is 0 Å². The molecule has 1 aromatic rings. The van der Waals surface area contributed by atoms with E-state index in [4.69, 9.17) is 9.47 Å². The summed E-state index contributed by atoms with van der Waals surface area (Å²) in [5, 5.41) is 11.3. The third-order valence-electron chi connectivity index (χ3n) is 6.56. The summed E-state index contributed by atoms with van der Waals surface area (Å²) in [6, 6.07) is 10.5. The van der Waals surface area contributed by atoms with Crippen molar-refractivity contribution in [2.24, 2.45) is 0 Å². The van der Waals surface area contributed by atoms with Crippen LogP contribution in [0.15, 0.2) is 30.3 Å². The van der Waals surface area contributed by atoms with E-state index in [1.54, 1.807) is 0 Å². The van der Waals surface area contributed by atoms with Crippen LogP contribution < -0.4 is 0 Å². The van der Waals surface area contributed by atoms with E-state index in [0.29, 0.717) is 26.1 Å². The number of aliphatic hydroxyl groups is 1. The van der Waals surface area contributed by atoms with E-state index >= 15 is 0 Å². The number of hydrogen-bond acceptors (Lipinski definition) is 5. The Labute approximate surface area is 155 Å². The molecule has 1 aromatic carbocycles. The third kappa shape index (κ3) is 2.77. The normalized spacial score (nSPS) is 37.0. The van der Waals surface area contributed by atoms with Gasteiger partial charge in [0.25, 0.3) is 0 Å². The Morgan fingerprint density at radius 2 is 2.04 bits per heavy atom. The van der Waals surface area contributed by atoms with Crippen LogP contribution in [-0.2, 0) is 14.3 Å². The number of nitrogens with zero attached hydrogens (tertiary/aromatic N) is 1. The van der Waals surface area contributed by atoms with Crippen LogP contribution in [-0.4, -0.2) is 46.6 Å². The molecule has 1 N–H and O–H groups in total. The minimum Gasteiger partial charge on any atom is -0.466 e. The first-order valence-electron chi connectivity index (χ1n) is 9.95. The number of piperidine rings is 1. The van der Waals surface area contributed by atoms with E-state index in [1.807, 2.05) is 25.1 Å². The smallest absolute Gasteiger partial charge is 0.307 e. The first kappa shape index (κ1) is 18.0. The van der Waals surface area contributed by atoms with E-state index in [0.717, 1.165) is 32.1 Å². The monoisotopic (exact) mass is 359 g/mol. The van der Waals surface area contributed by atoms with Gasteiger partial charge in [-0.25, -0.2) is 0 Å². The van der Waals surface area contributed by atoms with Gasteiger partial charge >= 0.3 is 5.97 Å². The standard InChI is InChI=1S/C21H29NO4/c1-2-25-19(23)14-17-10-6-11-20-12-7-13-21(20,24)26-15-18(22(17)20)16-8-4-3-5-9-16/h3-5,8-9,17-18,24H,2,6-7,10-15H2,1H3/t17-,18-,20+,21-/m0/s1. The molecule has 0 amide bonds. The highest BCUT2D eigenvalue weighted by Gasteiger charge is 2.64. The minimum atomic E-state index is -1.09. The predicted octanol–water partition coefficient (Wildman–Crippen LogP) is 3.18. The second-order valence-electron chi connectivity index (χ2n) is 7.87. The van der Waals surface area contributed by atoms with Crippen LogP contribution in [0.3, 0.4) is 0 Å². The molecular formula is C21H29NO4. The molecule has 5 nitrogen and oxygen atoms in total. The van der Waals surface area contributed by atoms with Crippen LogP contribution in [0.1, 0.15) is 63.5 Å². The van der Waals surface area contributed by atoms with Crippen molar-refractivity contribution in [2.45, 2.75) is 75.3 Å². The molecule has 5 heteroatoms. The topological polar surface area (TPSA) is 59.0 Å². The largest absolute Gasteiger partial charge is 0.466 e. The molecule has 2 heterocycles. The highest BCUT2D eigenvalue weighted by atomic mass is 16.6. The fraction of sp³-hybridized carbons (Fsp3) is 0.667. The third-order valence-corrected chi connectivity index (χ3v) is 6.56. The van der Waals surface area contributed by atoms with E-state index in [-0.39, 0.29) is 23.6 Å². The summed E-state index contributed by atoms with van der Waals surface area (Å²) in [7, 11) is 0. The van der Waals surface area contributed by atoms with Gasteiger partial charge in [-0.3, -0.25) is 9.69 Å². The number of morpholine rings is 1. The van der Waals surface area contributed by atoms with Crippen molar-refractivity contribution in [1.29, 1.82) is 0 Å². The van der Waals surface area contributed by atoms with Gasteiger partial charge in [0.2, 0.25) is 0 Å². The summed E-state index contributed by atoms with van der Waals surface area (Å²) >= 11 is 0. The molecule has 1 spiro atoms. The van der Waals surface area contributed by atoms with Crippen molar-refractivity contribution >= 4 is 5.97 Å². The molecule has 1 aliphatic carbocycles. The van der Waals surface area contributed by atoms with Gasteiger partial charge < -0.3 is 14.6 Å². The summed E-state index contributed by atoms with van der Waals surface area (Å²) in [5.74, 6) is -1.24. The van der Waals surface area contributed by atoms with Gasteiger partial charge in [0.1, 0.15) is 0 Å². The van der Waals surface area contributed by atoms with Gasteiger partial charge in [0.05, 0.1) is 31.2 Å². The first-order valence-corrected chi connectivity index (χ1v) is 9.95. The second-order valence-corrected chi connectivity index (χ2v) is 7.87. The number of esters is 1. The molecule has 0 aromatic heterocycles. The zero-order valence-corrected chi connectivity index (χ0v) is 15.5. The lowest BCUT2D eigenvalue weighted by molar-refractivity contribution is -0.323. The van der Waals surface area contributed by atoms with E-state index in [1.165, 1.54) is 5.56 Å². The van der Waals surface area contributed by atoms with Gasteiger partial charge in [-0.1, -0.05) is 30.3 Å². The number of carbonyl (C=O) groups excluding carboxylic acids is 1. The Hall–Kier alpha value is -1.43. The lowest BCUT2D eigenvalue weighted by Crippen LogP contribution is -2.71. The molecule has 2 aliphatic heterocycles. The zero-order valence-electron chi connectivity index (χ0n) is 15.5. The molecule has 26 heavy (non-hydrogen) atoms. The lowest BCUT2D eigenvalue weighted by Gasteiger charge is -2.61. The van der Waals surface area contributed by atoms with Crippen LogP contribution in [0.25, 0.3) is 0 Å². The molecule has 0 bridgehead atoms. The maximum atomic E-state index is 12.3. The van der Waals surface area contributed by atoms with Crippen molar-refractivity contribution in [3.05, 3.63) is 35.9 Å². The highest BCUT2D eigenvalue weighted by molar-refractivity contribution is 5.70. The molecule has 3 aliphatic rings. The summed E-state index contributed by atoms with van der Waals surface area (Å²) in [5.41, 5.74) is 0.804. The summed E-state index contributed by atoms with van der Waals surface area (Å²) in [6.07, 6.45) is 5.83. The number of carbonyl (C=O) groups is 1. The zero-order chi connectivity index (χ0) is 18.2. The molecule has 142 valence electrons. The highest BCUT2D eigenvalue weighted by Crippen LogP contribution is 2.56. The average molecular weight is 359 g/mol. The van der Waals surface area contributed by atoms with Crippen molar-refractivity contribution in [2.75, 3.05) is 13.2 Å². The molecule has 1 saturated carbocycles. The van der Waals surface area contributed by atoms with E-state index < -0.39 is 5.79 Å². The lowest BCUT2D eigenvalue weighted by atomic mass is 9.74. The fourth-order valence-electron chi connectivity index (χ4n) is 5.55. The van der Waals surface area contributed by atoms with Crippen LogP contribution in [0.5, 0.6) is 0 Å². The van der Waals surface area contributed by atoms with Crippen LogP contribution in [0.4, 0.5) is 0 Å². The Morgan fingerprint density at radius 3 is 2.81 bits per heavy atom. The van der Waals surface area contributed by atoms with Gasteiger partial charge in [-0.05, 0) is 44.6 Å². The van der Waals surface area contributed by atoms with Crippen LogP contribution in [0, 0.1) is 0 Å². The average Bonchev–Trinajstić information content (AvgIpc) is 2.97. The number of rotatable bonds is 4. The Kier molecular flexibility index (Phi) is 4.80. The van der Waals surface area contributed by atoms with Crippen molar-refractivity contribution < 1.29 is 19.4 Å². The minimum absolute atomic E-state index is 0.0642. The van der Waals surface area contributed by atoms with Gasteiger partial charge in [-0.2, -0.15) is 0 Å². The van der Waals surface area contributed by atoms with Crippen molar-refractivity contribution in [3.8, 4) is 0 Å². The maximum Gasteiger partial charge on any atom is 0.307 e.